The third kappa shape index (κ3) is 4.00. The van der Waals surface area contributed by atoms with Crippen LogP contribution < -0.4 is 11.1 Å². The maximum absolute atomic E-state index is 13.6. The van der Waals surface area contributed by atoms with Gasteiger partial charge in [0.05, 0.1) is 29.6 Å². The highest BCUT2D eigenvalue weighted by Crippen LogP contribution is 2.38. The lowest BCUT2D eigenvalue weighted by molar-refractivity contribution is 0.370. The molecule has 5 rings (SSSR count). The molecule has 6 nitrogen and oxygen atoms in total. The van der Waals surface area contributed by atoms with Crippen LogP contribution in [0.2, 0.25) is 0 Å². The Morgan fingerprint density at radius 3 is 2.36 bits per heavy atom. The maximum Gasteiger partial charge on any atom is 0.160 e. The Morgan fingerprint density at radius 2 is 1.67 bits per heavy atom. The van der Waals surface area contributed by atoms with E-state index in [9.17, 15) is 4.39 Å². The molecule has 33 heavy (non-hydrogen) atoms. The number of imidazole rings is 1. The average Bonchev–Trinajstić information content (AvgIpc) is 3.26. The quantitative estimate of drug-likeness (QED) is 0.468. The van der Waals surface area contributed by atoms with E-state index in [-0.39, 0.29) is 11.9 Å². The fourth-order valence-corrected chi connectivity index (χ4v) is 4.64. The highest BCUT2D eigenvalue weighted by Gasteiger charge is 2.25. The number of nitrogens with zero attached hydrogens (tertiary/aromatic N) is 4. The van der Waals surface area contributed by atoms with Crippen LogP contribution in [0.25, 0.3) is 34.0 Å². The van der Waals surface area contributed by atoms with E-state index in [2.05, 4.69) is 40.8 Å². The summed E-state index contributed by atoms with van der Waals surface area (Å²) in [6.07, 6.45) is 5.52. The molecule has 1 aliphatic heterocycles. The summed E-state index contributed by atoms with van der Waals surface area (Å²) in [4.78, 5) is 14.3. The van der Waals surface area contributed by atoms with E-state index in [0.717, 1.165) is 59.6 Å². The third-order valence-electron chi connectivity index (χ3n) is 6.36. The molecular formula is C26H27FN6. The van der Waals surface area contributed by atoms with Gasteiger partial charge in [-0.1, -0.05) is 18.2 Å². The van der Waals surface area contributed by atoms with Crippen LogP contribution in [0.15, 0.2) is 55.0 Å². The van der Waals surface area contributed by atoms with Gasteiger partial charge in [0.1, 0.15) is 11.5 Å². The number of anilines is 1. The van der Waals surface area contributed by atoms with E-state index in [1.54, 1.807) is 18.3 Å². The van der Waals surface area contributed by atoms with Crippen molar-refractivity contribution in [3.8, 4) is 34.0 Å². The van der Waals surface area contributed by atoms with Crippen LogP contribution in [-0.2, 0) is 0 Å². The Labute approximate surface area is 192 Å². The van der Waals surface area contributed by atoms with Gasteiger partial charge in [-0.05, 0) is 75.2 Å². The molecule has 1 aliphatic rings. The van der Waals surface area contributed by atoms with Crippen LogP contribution in [0, 0.1) is 19.7 Å². The second-order valence-corrected chi connectivity index (χ2v) is 8.60. The summed E-state index contributed by atoms with van der Waals surface area (Å²) in [6.45, 7) is 6.01. The van der Waals surface area contributed by atoms with Gasteiger partial charge in [0.2, 0.25) is 0 Å². The zero-order valence-corrected chi connectivity index (χ0v) is 18.8. The standard InChI is InChI=1S/C26H27FN6/c1-16-4-3-5-17(2)22(16)26-30-14-21(28)24(32-26)25-23(18-6-8-19(27)9-7-18)31-15-33(25)20-10-12-29-13-11-20/h3-9,14-15,20,29H,10-13,28H2,1-2H3. The van der Waals surface area contributed by atoms with Crippen molar-refractivity contribution in [2.24, 2.45) is 0 Å². The summed E-state index contributed by atoms with van der Waals surface area (Å²) in [5.41, 5.74) is 13.2. The van der Waals surface area contributed by atoms with Crippen molar-refractivity contribution in [3.05, 3.63) is 71.9 Å². The van der Waals surface area contributed by atoms with Gasteiger partial charge in [-0.2, -0.15) is 0 Å². The second-order valence-electron chi connectivity index (χ2n) is 8.60. The molecule has 0 aliphatic carbocycles. The van der Waals surface area contributed by atoms with E-state index in [4.69, 9.17) is 15.7 Å². The molecule has 1 fully saturated rings. The fraction of sp³-hybridized carbons (Fsp3) is 0.269. The Morgan fingerprint density at radius 1 is 0.970 bits per heavy atom. The number of nitrogen functional groups attached to an aromatic ring is 1. The Hall–Kier alpha value is -3.58. The van der Waals surface area contributed by atoms with Crippen LogP contribution >= 0.6 is 0 Å². The minimum Gasteiger partial charge on any atom is -0.396 e. The largest absolute Gasteiger partial charge is 0.396 e. The summed E-state index contributed by atoms with van der Waals surface area (Å²) in [7, 11) is 0. The molecule has 0 bridgehead atoms. The average molecular weight is 443 g/mol. The zero-order valence-electron chi connectivity index (χ0n) is 18.8. The van der Waals surface area contributed by atoms with Gasteiger partial charge >= 0.3 is 0 Å². The van der Waals surface area contributed by atoms with Crippen LogP contribution in [0.4, 0.5) is 10.1 Å². The monoisotopic (exact) mass is 442 g/mol. The van der Waals surface area contributed by atoms with E-state index in [1.807, 2.05) is 12.4 Å². The number of hydrogen-bond donors (Lipinski definition) is 2. The molecular weight excluding hydrogens is 415 g/mol. The van der Waals surface area contributed by atoms with Gasteiger partial charge in [0.15, 0.2) is 5.82 Å². The first-order chi connectivity index (χ1) is 16.0. The van der Waals surface area contributed by atoms with Crippen molar-refractivity contribution in [2.45, 2.75) is 32.7 Å². The van der Waals surface area contributed by atoms with Gasteiger partial charge in [-0.25, -0.2) is 19.3 Å². The maximum atomic E-state index is 13.6. The number of piperidine rings is 1. The van der Waals surface area contributed by atoms with Crippen molar-refractivity contribution in [3.63, 3.8) is 0 Å². The van der Waals surface area contributed by atoms with Gasteiger partial charge in [0.25, 0.3) is 0 Å². The number of nitrogens with one attached hydrogen (secondary N) is 1. The molecule has 0 spiro atoms. The highest BCUT2D eigenvalue weighted by atomic mass is 19.1. The third-order valence-corrected chi connectivity index (χ3v) is 6.36. The van der Waals surface area contributed by atoms with E-state index >= 15 is 0 Å². The van der Waals surface area contributed by atoms with Crippen LogP contribution in [0.1, 0.15) is 30.0 Å². The number of rotatable bonds is 4. The number of aromatic nitrogens is 4. The van der Waals surface area contributed by atoms with Gasteiger partial charge in [-0.15, -0.1) is 0 Å². The van der Waals surface area contributed by atoms with E-state index < -0.39 is 0 Å². The molecule has 168 valence electrons. The SMILES string of the molecule is Cc1cccc(C)c1-c1ncc(N)c(-c2c(-c3ccc(F)cc3)ncn2C2CCNCC2)n1. The Bertz CT molecular complexity index is 1270. The van der Waals surface area contributed by atoms with Crippen LogP contribution in [0.5, 0.6) is 0 Å². The molecule has 7 heteroatoms. The van der Waals surface area contributed by atoms with Crippen molar-refractivity contribution in [1.82, 2.24) is 24.8 Å². The van der Waals surface area contributed by atoms with Gasteiger partial charge in [0, 0.05) is 17.2 Å². The normalized spacial score (nSPS) is 14.5. The first-order valence-corrected chi connectivity index (χ1v) is 11.3. The fourth-order valence-electron chi connectivity index (χ4n) is 4.64. The van der Waals surface area contributed by atoms with Crippen molar-refractivity contribution >= 4 is 5.69 Å². The smallest absolute Gasteiger partial charge is 0.160 e. The minimum absolute atomic E-state index is 0.279. The molecule has 0 amide bonds. The molecule has 0 radical (unpaired) electrons. The number of hydrogen-bond acceptors (Lipinski definition) is 5. The summed E-state index contributed by atoms with van der Waals surface area (Å²) >= 11 is 0. The van der Waals surface area contributed by atoms with E-state index in [1.165, 1.54) is 12.1 Å². The van der Waals surface area contributed by atoms with Gasteiger partial charge in [-0.3, -0.25) is 0 Å². The van der Waals surface area contributed by atoms with Crippen molar-refractivity contribution in [2.75, 3.05) is 18.8 Å². The van der Waals surface area contributed by atoms with E-state index in [0.29, 0.717) is 17.2 Å². The molecule has 1 saturated heterocycles. The molecule has 3 N–H and O–H groups in total. The van der Waals surface area contributed by atoms with Gasteiger partial charge < -0.3 is 15.6 Å². The topological polar surface area (TPSA) is 81.6 Å². The number of benzene rings is 2. The predicted molar refractivity (Wildman–Crippen MR) is 129 cm³/mol. The van der Waals surface area contributed by atoms with Crippen LogP contribution in [-0.4, -0.2) is 32.6 Å². The molecule has 2 aromatic carbocycles. The first-order valence-electron chi connectivity index (χ1n) is 11.3. The molecule has 0 unspecified atom stereocenters. The second kappa shape index (κ2) is 8.75. The summed E-state index contributed by atoms with van der Waals surface area (Å²) in [5.74, 6) is 0.356. The number of halogens is 1. The zero-order chi connectivity index (χ0) is 22.9. The van der Waals surface area contributed by atoms with Crippen molar-refractivity contribution in [1.29, 1.82) is 0 Å². The van der Waals surface area contributed by atoms with Crippen LogP contribution in [0.3, 0.4) is 0 Å². The lowest BCUT2D eigenvalue weighted by atomic mass is 10.0. The van der Waals surface area contributed by atoms with Crippen molar-refractivity contribution < 1.29 is 4.39 Å². The Balaban J connectivity index is 1.72. The molecule has 0 saturated carbocycles. The lowest BCUT2D eigenvalue weighted by Gasteiger charge is -2.26. The first kappa shape index (κ1) is 21.3. The molecule has 3 heterocycles. The highest BCUT2D eigenvalue weighted by molar-refractivity contribution is 5.83. The summed E-state index contributed by atoms with van der Waals surface area (Å²) in [6, 6.07) is 12.8. The Kier molecular flexibility index (Phi) is 5.64. The minimum atomic E-state index is -0.281. The summed E-state index contributed by atoms with van der Waals surface area (Å²) < 4.78 is 15.8. The molecule has 4 aromatic rings. The number of nitrogens with two attached hydrogens (primary N) is 1. The lowest BCUT2D eigenvalue weighted by Crippen LogP contribution is -2.29. The number of aryl methyl sites for hydroxylation is 2. The summed E-state index contributed by atoms with van der Waals surface area (Å²) in [5, 5.41) is 3.42. The molecule has 0 atom stereocenters. The predicted octanol–water partition coefficient (Wildman–Crippen LogP) is 4.94. The molecule has 2 aromatic heterocycles.